The molecule has 3 heteroatoms. The van der Waals surface area contributed by atoms with Crippen LogP contribution in [0.3, 0.4) is 0 Å². The van der Waals surface area contributed by atoms with Crippen molar-refractivity contribution in [2.45, 2.75) is 19.3 Å². The highest BCUT2D eigenvalue weighted by atomic mass is 35.5. The molecule has 1 aliphatic heterocycles. The first kappa shape index (κ1) is 9.04. The summed E-state index contributed by atoms with van der Waals surface area (Å²) in [6, 6.07) is 3.65. The lowest BCUT2D eigenvalue weighted by atomic mass is 9.87. The molecule has 2 rings (SSSR count). The van der Waals surface area contributed by atoms with E-state index in [1.807, 2.05) is 12.3 Å². The number of halogens is 2. The Labute approximate surface area is 87.4 Å². The van der Waals surface area contributed by atoms with Crippen LogP contribution in [0.15, 0.2) is 17.1 Å². The number of hydrogen-bond donors (Lipinski definition) is 0. The van der Waals surface area contributed by atoms with Crippen molar-refractivity contribution in [3.05, 3.63) is 27.7 Å². The average molecular weight is 214 g/mol. The minimum atomic E-state index is -0.0517. The Bertz CT molecular complexity index is 394. The average Bonchev–Trinajstić information content (AvgIpc) is 2.28. The number of rotatable bonds is 0. The van der Waals surface area contributed by atoms with Gasteiger partial charge >= 0.3 is 0 Å². The van der Waals surface area contributed by atoms with Gasteiger partial charge in [0.25, 0.3) is 0 Å². The van der Waals surface area contributed by atoms with Gasteiger partial charge in [-0.2, -0.15) is 0 Å². The number of aliphatic imine (C=N–C) groups is 1. The van der Waals surface area contributed by atoms with Crippen LogP contribution in [0.2, 0.25) is 10.0 Å². The van der Waals surface area contributed by atoms with Gasteiger partial charge in [0.05, 0.1) is 10.7 Å². The molecule has 1 aromatic rings. The van der Waals surface area contributed by atoms with Gasteiger partial charge in [0.15, 0.2) is 0 Å². The summed E-state index contributed by atoms with van der Waals surface area (Å²) in [7, 11) is 0. The molecule has 0 atom stereocenters. The lowest BCUT2D eigenvalue weighted by Crippen LogP contribution is -2.14. The first-order chi connectivity index (χ1) is 6.00. The third kappa shape index (κ3) is 1.36. The summed E-state index contributed by atoms with van der Waals surface area (Å²) in [5.74, 6) is 0. The Kier molecular flexibility index (Phi) is 1.90. The molecule has 0 fully saturated rings. The van der Waals surface area contributed by atoms with Crippen molar-refractivity contribution in [2.75, 3.05) is 0 Å². The van der Waals surface area contributed by atoms with Crippen molar-refractivity contribution in [2.24, 2.45) is 4.99 Å². The van der Waals surface area contributed by atoms with Crippen LogP contribution in [0, 0.1) is 0 Å². The fraction of sp³-hybridized carbons (Fsp3) is 0.300. The Morgan fingerprint density at radius 3 is 2.62 bits per heavy atom. The van der Waals surface area contributed by atoms with Crippen LogP contribution in [0.1, 0.15) is 19.4 Å². The smallest absolute Gasteiger partial charge is 0.0854 e. The fourth-order valence-electron chi connectivity index (χ4n) is 1.48. The predicted molar refractivity (Wildman–Crippen MR) is 57.6 cm³/mol. The Hall–Kier alpha value is -0.530. The Morgan fingerprint density at radius 1 is 1.23 bits per heavy atom. The van der Waals surface area contributed by atoms with E-state index in [0.717, 1.165) is 11.3 Å². The summed E-state index contributed by atoms with van der Waals surface area (Å²) in [6.07, 6.45) is 1.90. The maximum Gasteiger partial charge on any atom is 0.0854 e. The highest BCUT2D eigenvalue weighted by molar-refractivity contribution is 6.36. The zero-order valence-corrected chi connectivity index (χ0v) is 8.95. The second-order valence-electron chi connectivity index (χ2n) is 3.76. The van der Waals surface area contributed by atoms with E-state index < -0.39 is 0 Å². The molecule has 0 aliphatic carbocycles. The monoisotopic (exact) mass is 213 g/mol. The molecule has 0 saturated carbocycles. The summed E-state index contributed by atoms with van der Waals surface area (Å²) in [5, 5.41) is 1.30. The van der Waals surface area contributed by atoms with Crippen molar-refractivity contribution in [1.82, 2.24) is 0 Å². The van der Waals surface area contributed by atoms with Gasteiger partial charge in [-0.05, 0) is 17.7 Å². The van der Waals surface area contributed by atoms with Crippen LogP contribution in [-0.4, -0.2) is 6.21 Å². The molecule has 0 saturated heterocycles. The van der Waals surface area contributed by atoms with Gasteiger partial charge in [-0.3, -0.25) is 4.99 Å². The molecular formula is C10H9Cl2N. The van der Waals surface area contributed by atoms with Gasteiger partial charge in [0.2, 0.25) is 0 Å². The number of hydrogen-bond acceptors (Lipinski definition) is 1. The molecule has 1 heterocycles. The lowest BCUT2D eigenvalue weighted by molar-refractivity contribution is 0.753. The molecule has 0 N–H and O–H groups in total. The van der Waals surface area contributed by atoms with Gasteiger partial charge in [-0.1, -0.05) is 37.0 Å². The van der Waals surface area contributed by atoms with Crippen molar-refractivity contribution >= 4 is 35.1 Å². The minimum absolute atomic E-state index is 0.0517. The summed E-state index contributed by atoms with van der Waals surface area (Å²) < 4.78 is 0. The van der Waals surface area contributed by atoms with Crippen LogP contribution >= 0.6 is 23.2 Å². The maximum atomic E-state index is 6.00. The second kappa shape index (κ2) is 2.73. The first-order valence-electron chi connectivity index (χ1n) is 4.05. The molecule has 0 spiro atoms. The van der Waals surface area contributed by atoms with Crippen molar-refractivity contribution < 1.29 is 0 Å². The largest absolute Gasteiger partial charge is 0.258 e. The van der Waals surface area contributed by atoms with Gasteiger partial charge in [-0.15, -0.1) is 0 Å². The SMILES string of the molecule is CC1(C)C=Nc2c(Cl)cc(Cl)cc21. The predicted octanol–water partition coefficient (Wildman–Crippen LogP) is 3.99. The third-order valence-electron chi connectivity index (χ3n) is 2.24. The standard InChI is InChI=1S/C10H9Cl2N/c1-10(2)5-13-9-7(10)3-6(11)4-8(9)12/h3-5H,1-2H3. The summed E-state index contributed by atoms with van der Waals surface area (Å²) in [6.45, 7) is 4.18. The molecule has 1 nitrogen and oxygen atoms in total. The van der Waals surface area contributed by atoms with Crippen LogP contribution in [0.4, 0.5) is 5.69 Å². The Balaban J connectivity index is 2.71. The molecule has 0 bridgehead atoms. The zero-order chi connectivity index (χ0) is 9.64. The minimum Gasteiger partial charge on any atom is -0.258 e. The van der Waals surface area contributed by atoms with E-state index in [4.69, 9.17) is 23.2 Å². The molecule has 68 valence electrons. The van der Waals surface area contributed by atoms with Gasteiger partial charge in [0, 0.05) is 16.7 Å². The van der Waals surface area contributed by atoms with Crippen LogP contribution in [0.5, 0.6) is 0 Å². The molecule has 0 amide bonds. The molecule has 13 heavy (non-hydrogen) atoms. The molecular weight excluding hydrogens is 205 g/mol. The van der Waals surface area contributed by atoms with E-state index in [1.54, 1.807) is 6.07 Å². The van der Waals surface area contributed by atoms with E-state index in [0.29, 0.717) is 10.0 Å². The molecule has 0 radical (unpaired) electrons. The highest BCUT2D eigenvalue weighted by Gasteiger charge is 2.28. The van der Waals surface area contributed by atoms with Crippen LogP contribution in [0.25, 0.3) is 0 Å². The van der Waals surface area contributed by atoms with Gasteiger partial charge in [0.1, 0.15) is 0 Å². The summed E-state index contributed by atoms with van der Waals surface area (Å²) in [5.41, 5.74) is 1.91. The third-order valence-corrected chi connectivity index (χ3v) is 2.75. The Morgan fingerprint density at radius 2 is 1.92 bits per heavy atom. The fourth-order valence-corrected chi connectivity index (χ4v) is 2.03. The van der Waals surface area contributed by atoms with E-state index >= 15 is 0 Å². The van der Waals surface area contributed by atoms with E-state index in [-0.39, 0.29) is 5.41 Å². The van der Waals surface area contributed by atoms with E-state index in [2.05, 4.69) is 18.8 Å². The number of benzene rings is 1. The van der Waals surface area contributed by atoms with Gasteiger partial charge < -0.3 is 0 Å². The van der Waals surface area contributed by atoms with E-state index in [9.17, 15) is 0 Å². The van der Waals surface area contributed by atoms with Crippen molar-refractivity contribution in [3.63, 3.8) is 0 Å². The number of fused-ring (bicyclic) bond motifs is 1. The van der Waals surface area contributed by atoms with Crippen molar-refractivity contribution in [1.29, 1.82) is 0 Å². The number of nitrogens with zero attached hydrogens (tertiary/aromatic N) is 1. The van der Waals surface area contributed by atoms with E-state index in [1.165, 1.54) is 0 Å². The van der Waals surface area contributed by atoms with Crippen molar-refractivity contribution in [3.8, 4) is 0 Å². The maximum absolute atomic E-state index is 6.00. The van der Waals surface area contributed by atoms with Crippen LogP contribution in [-0.2, 0) is 5.41 Å². The molecule has 0 unspecified atom stereocenters. The lowest BCUT2D eigenvalue weighted by Gasteiger charge is -2.15. The molecule has 0 aromatic heterocycles. The summed E-state index contributed by atoms with van der Waals surface area (Å²) in [4.78, 5) is 4.28. The zero-order valence-electron chi connectivity index (χ0n) is 7.44. The van der Waals surface area contributed by atoms with Crippen LogP contribution < -0.4 is 0 Å². The van der Waals surface area contributed by atoms with Gasteiger partial charge in [-0.25, -0.2) is 0 Å². The second-order valence-corrected chi connectivity index (χ2v) is 4.61. The topological polar surface area (TPSA) is 12.4 Å². The first-order valence-corrected chi connectivity index (χ1v) is 4.81. The molecule has 1 aliphatic rings. The normalized spacial score (nSPS) is 17.5. The molecule has 1 aromatic carbocycles. The summed E-state index contributed by atoms with van der Waals surface area (Å²) >= 11 is 11.9. The quantitative estimate of drug-likeness (QED) is 0.619. The highest BCUT2D eigenvalue weighted by Crippen LogP contribution is 2.42.